The molecule has 1 aliphatic rings. The molecule has 0 atom stereocenters. The fraction of sp³-hybridized carbons (Fsp3) is 0.368. The van der Waals surface area contributed by atoms with Crippen LogP contribution in [0.4, 0.5) is 5.69 Å². The Balaban J connectivity index is 1.48. The molecule has 0 aromatic heterocycles. The maximum absolute atomic E-state index is 2.59. The maximum Gasteiger partial charge on any atom is 0.0367 e. The number of piperazine rings is 1. The van der Waals surface area contributed by atoms with Gasteiger partial charge in [-0.2, -0.15) is 0 Å². The van der Waals surface area contributed by atoms with Gasteiger partial charge in [-0.1, -0.05) is 48.0 Å². The summed E-state index contributed by atoms with van der Waals surface area (Å²) in [5.74, 6) is 0. The lowest BCUT2D eigenvalue weighted by atomic mass is 10.1. The molecule has 1 aliphatic heterocycles. The highest BCUT2D eigenvalue weighted by molar-refractivity contribution is 5.46. The molecule has 0 N–H and O–H groups in total. The summed E-state index contributed by atoms with van der Waals surface area (Å²) in [7, 11) is 0. The van der Waals surface area contributed by atoms with Crippen LogP contribution >= 0.6 is 0 Å². The molecule has 1 fully saturated rings. The van der Waals surface area contributed by atoms with Crippen molar-refractivity contribution in [2.75, 3.05) is 37.6 Å². The standard InChI is InChI=1S/C19H24N2/c1-17-6-5-7-18(16-17)10-11-20-12-14-21(15-13-20)19-8-3-2-4-9-19/h2-9,16H,10-15H2,1H3. The van der Waals surface area contributed by atoms with E-state index < -0.39 is 0 Å². The molecule has 0 bridgehead atoms. The van der Waals surface area contributed by atoms with Crippen molar-refractivity contribution in [3.63, 3.8) is 0 Å². The zero-order valence-electron chi connectivity index (χ0n) is 12.8. The number of hydrogen-bond acceptors (Lipinski definition) is 2. The Morgan fingerprint density at radius 2 is 1.62 bits per heavy atom. The lowest BCUT2D eigenvalue weighted by molar-refractivity contribution is 0.261. The van der Waals surface area contributed by atoms with Crippen molar-refractivity contribution in [2.24, 2.45) is 0 Å². The van der Waals surface area contributed by atoms with Crippen LogP contribution in [0.2, 0.25) is 0 Å². The van der Waals surface area contributed by atoms with Crippen LogP contribution < -0.4 is 4.90 Å². The lowest BCUT2D eigenvalue weighted by Gasteiger charge is -2.36. The topological polar surface area (TPSA) is 6.48 Å². The van der Waals surface area contributed by atoms with Crippen LogP contribution in [0.5, 0.6) is 0 Å². The van der Waals surface area contributed by atoms with E-state index in [0.717, 1.165) is 19.5 Å². The van der Waals surface area contributed by atoms with Crippen molar-refractivity contribution in [3.05, 3.63) is 65.7 Å². The Morgan fingerprint density at radius 1 is 0.857 bits per heavy atom. The molecule has 0 saturated carbocycles. The smallest absolute Gasteiger partial charge is 0.0367 e. The van der Waals surface area contributed by atoms with Gasteiger partial charge in [-0.05, 0) is 31.0 Å². The minimum absolute atomic E-state index is 1.14. The summed E-state index contributed by atoms with van der Waals surface area (Å²) in [6.45, 7) is 7.95. The van der Waals surface area contributed by atoms with E-state index in [2.05, 4.69) is 71.3 Å². The first-order valence-electron chi connectivity index (χ1n) is 7.89. The minimum atomic E-state index is 1.14. The molecule has 2 heteroatoms. The number of para-hydroxylation sites is 1. The van der Waals surface area contributed by atoms with Crippen LogP contribution in [-0.2, 0) is 6.42 Å². The van der Waals surface area contributed by atoms with E-state index >= 15 is 0 Å². The molecule has 2 aromatic rings. The van der Waals surface area contributed by atoms with Gasteiger partial charge in [0.05, 0.1) is 0 Å². The SMILES string of the molecule is Cc1cccc(CCN2CCN(c3ccccc3)CC2)c1. The molecule has 2 aromatic carbocycles. The zero-order chi connectivity index (χ0) is 14.5. The van der Waals surface area contributed by atoms with E-state index in [1.54, 1.807) is 0 Å². The number of nitrogens with zero attached hydrogens (tertiary/aromatic N) is 2. The van der Waals surface area contributed by atoms with Gasteiger partial charge < -0.3 is 4.90 Å². The van der Waals surface area contributed by atoms with Gasteiger partial charge in [0.25, 0.3) is 0 Å². The Kier molecular flexibility index (Phi) is 4.56. The molecule has 110 valence electrons. The molecule has 3 rings (SSSR count). The Labute approximate surface area is 128 Å². The van der Waals surface area contributed by atoms with Crippen molar-refractivity contribution in [3.8, 4) is 0 Å². The molecule has 1 saturated heterocycles. The third-order valence-corrected chi connectivity index (χ3v) is 4.29. The fourth-order valence-corrected chi connectivity index (χ4v) is 3.02. The van der Waals surface area contributed by atoms with E-state index in [1.807, 2.05) is 0 Å². The summed E-state index contributed by atoms with van der Waals surface area (Å²) < 4.78 is 0. The van der Waals surface area contributed by atoms with Crippen molar-refractivity contribution in [1.29, 1.82) is 0 Å². The summed E-state index contributed by atoms with van der Waals surface area (Å²) in [5, 5.41) is 0. The highest BCUT2D eigenvalue weighted by Crippen LogP contribution is 2.15. The lowest BCUT2D eigenvalue weighted by Crippen LogP contribution is -2.46. The monoisotopic (exact) mass is 280 g/mol. The van der Waals surface area contributed by atoms with Crippen molar-refractivity contribution < 1.29 is 0 Å². The molecule has 2 nitrogen and oxygen atoms in total. The number of rotatable bonds is 4. The molecule has 21 heavy (non-hydrogen) atoms. The highest BCUT2D eigenvalue weighted by atomic mass is 15.3. The second-order valence-corrected chi connectivity index (χ2v) is 5.90. The normalized spacial score (nSPS) is 16.1. The van der Waals surface area contributed by atoms with Gasteiger partial charge >= 0.3 is 0 Å². The quantitative estimate of drug-likeness (QED) is 0.847. The average Bonchev–Trinajstić information content (AvgIpc) is 2.54. The molecule has 1 heterocycles. The third kappa shape index (κ3) is 3.85. The van der Waals surface area contributed by atoms with Crippen LogP contribution in [-0.4, -0.2) is 37.6 Å². The van der Waals surface area contributed by atoms with E-state index in [9.17, 15) is 0 Å². The summed E-state index contributed by atoms with van der Waals surface area (Å²) in [6, 6.07) is 19.6. The van der Waals surface area contributed by atoms with E-state index in [-0.39, 0.29) is 0 Å². The van der Waals surface area contributed by atoms with Crippen LogP contribution in [0, 0.1) is 6.92 Å². The molecule has 0 unspecified atom stereocenters. The zero-order valence-corrected chi connectivity index (χ0v) is 12.8. The summed E-state index contributed by atoms with van der Waals surface area (Å²) >= 11 is 0. The van der Waals surface area contributed by atoms with Gasteiger partial charge in [0.15, 0.2) is 0 Å². The Bertz CT molecular complexity index is 557. The van der Waals surface area contributed by atoms with Gasteiger partial charge in [-0.3, -0.25) is 4.90 Å². The first-order chi connectivity index (χ1) is 10.3. The van der Waals surface area contributed by atoms with Crippen LogP contribution in [0.3, 0.4) is 0 Å². The Hall–Kier alpha value is -1.80. The van der Waals surface area contributed by atoms with Gasteiger partial charge in [0, 0.05) is 38.4 Å². The molecule has 0 aliphatic carbocycles. The van der Waals surface area contributed by atoms with E-state index in [1.165, 1.54) is 36.4 Å². The molecule has 0 amide bonds. The van der Waals surface area contributed by atoms with Crippen LogP contribution in [0.1, 0.15) is 11.1 Å². The number of benzene rings is 2. The molecule has 0 spiro atoms. The number of aryl methyl sites for hydroxylation is 1. The first kappa shape index (κ1) is 14.2. The second-order valence-electron chi connectivity index (χ2n) is 5.90. The number of hydrogen-bond donors (Lipinski definition) is 0. The van der Waals surface area contributed by atoms with Gasteiger partial charge in [0.2, 0.25) is 0 Å². The van der Waals surface area contributed by atoms with Crippen molar-refractivity contribution >= 4 is 5.69 Å². The van der Waals surface area contributed by atoms with Gasteiger partial charge in [-0.25, -0.2) is 0 Å². The van der Waals surface area contributed by atoms with E-state index in [0.29, 0.717) is 0 Å². The maximum atomic E-state index is 2.59. The third-order valence-electron chi connectivity index (χ3n) is 4.29. The summed E-state index contributed by atoms with van der Waals surface area (Å²) in [4.78, 5) is 5.07. The van der Waals surface area contributed by atoms with Gasteiger partial charge in [-0.15, -0.1) is 0 Å². The second kappa shape index (κ2) is 6.77. The van der Waals surface area contributed by atoms with Gasteiger partial charge in [0.1, 0.15) is 0 Å². The van der Waals surface area contributed by atoms with E-state index in [4.69, 9.17) is 0 Å². The molecule has 0 radical (unpaired) electrons. The number of anilines is 1. The predicted molar refractivity (Wildman–Crippen MR) is 90.0 cm³/mol. The van der Waals surface area contributed by atoms with Crippen LogP contribution in [0.25, 0.3) is 0 Å². The van der Waals surface area contributed by atoms with Crippen LogP contribution in [0.15, 0.2) is 54.6 Å². The fourth-order valence-electron chi connectivity index (χ4n) is 3.02. The molecular formula is C19H24N2. The van der Waals surface area contributed by atoms with Crippen molar-refractivity contribution in [1.82, 2.24) is 4.90 Å². The average molecular weight is 280 g/mol. The molecular weight excluding hydrogens is 256 g/mol. The first-order valence-corrected chi connectivity index (χ1v) is 7.89. The summed E-state index contributed by atoms with van der Waals surface area (Å²) in [6.07, 6.45) is 1.16. The Morgan fingerprint density at radius 3 is 2.33 bits per heavy atom. The summed E-state index contributed by atoms with van der Waals surface area (Å²) in [5.41, 5.74) is 4.18. The van der Waals surface area contributed by atoms with Crippen molar-refractivity contribution in [2.45, 2.75) is 13.3 Å². The predicted octanol–water partition coefficient (Wildman–Crippen LogP) is 3.36. The highest BCUT2D eigenvalue weighted by Gasteiger charge is 2.16. The minimum Gasteiger partial charge on any atom is -0.369 e. The largest absolute Gasteiger partial charge is 0.369 e.